The molecule has 1 aliphatic heterocycles. The Hall–Kier alpha value is -2.53. The monoisotopic (exact) mass is 509 g/mol. The van der Waals surface area contributed by atoms with E-state index in [1.807, 2.05) is 0 Å². The lowest BCUT2D eigenvalue weighted by molar-refractivity contribution is -0.134. The minimum atomic E-state index is -4.06. The van der Waals surface area contributed by atoms with E-state index in [4.69, 9.17) is 11.6 Å². The molecule has 1 atom stereocenters. The Morgan fingerprint density at radius 1 is 1.18 bits per heavy atom. The highest BCUT2D eigenvalue weighted by Crippen LogP contribution is 2.33. The van der Waals surface area contributed by atoms with Crippen LogP contribution in [0.4, 0.5) is 10.1 Å². The van der Waals surface area contributed by atoms with Crippen LogP contribution in [0.5, 0.6) is 0 Å². The van der Waals surface area contributed by atoms with Gasteiger partial charge in [0, 0.05) is 42.8 Å². The van der Waals surface area contributed by atoms with Crippen LogP contribution in [-0.4, -0.2) is 60.2 Å². The summed E-state index contributed by atoms with van der Waals surface area (Å²) in [6, 6.07) is 7.24. The van der Waals surface area contributed by atoms with Crippen LogP contribution in [0.1, 0.15) is 35.7 Å². The molecular weight excluding hydrogens is 485 g/mol. The van der Waals surface area contributed by atoms with Crippen LogP contribution in [0, 0.1) is 11.7 Å². The highest BCUT2D eigenvalue weighted by atomic mass is 35.5. The van der Waals surface area contributed by atoms with E-state index in [1.54, 1.807) is 11.8 Å². The van der Waals surface area contributed by atoms with E-state index < -0.39 is 34.4 Å². The van der Waals surface area contributed by atoms with E-state index in [-0.39, 0.29) is 51.6 Å². The fraction of sp³-hybridized carbons (Fsp3) is 0.391. The largest absolute Gasteiger partial charge is 0.392 e. The quantitative estimate of drug-likeness (QED) is 0.622. The fourth-order valence-corrected chi connectivity index (χ4v) is 6.09. The van der Waals surface area contributed by atoms with Crippen molar-refractivity contribution >= 4 is 39.1 Å². The third-order valence-corrected chi connectivity index (χ3v) is 8.45. The van der Waals surface area contributed by atoms with Crippen LogP contribution >= 0.6 is 11.6 Å². The summed E-state index contributed by atoms with van der Waals surface area (Å²) >= 11 is 5.75. The van der Waals surface area contributed by atoms with E-state index in [1.165, 1.54) is 34.6 Å². The van der Waals surface area contributed by atoms with Gasteiger partial charge in [0.1, 0.15) is 5.82 Å². The molecule has 8 nitrogen and oxygen atoms in total. The first-order valence-electron chi connectivity index (χ1n) is 10.9. The van der Waals surface area contributed by atoms with Crippen LogP contribution < -0.4 is 5.32 Å². The van der Waals surface area contributed by atoms with Crippen LogP contribution in [-0.2, 0) is 21.4 Å². The summed E-state index contributed by atoms with van der Waals surface area (Å²) in [4.78, 5) is 26.7. The molecule has 2 amide bonds. The van der Waals surface area contributed by atoms with E-state index in [0.717, 1.165) is 18.9 Å². The Kier molecular flexibility index (Phi) is 6.95. The molecule has 4 rings (SSSR count). The van der Waals surface area contributed by atoms with Gasteiger partial charge in [-0.2, -0.15) is 4.31 Å². The van der Waals surface area contributed by atoms with Crippen LogP contribution in [0.25, 0.3) is 0 Å². The normalized spacial score (nSPS) is 19.2. The molecule has 2 fully saturated rings. The molecule has 1 saturated carbocycles. The molecule has 1 heterocycles. The van der Waals surface area contributed by atoms with Crippen LogP contribution in [0.3, 0.4) is 0 Å². The molecule has 2 aromatic rings. The summed E-state index contributed by atoms with van der Waals surface area (Å²) in [5, 5.41) is 12.2. The lowest BCUT2D eigenvalue weighted by atomic mass is 10.1. The Labute approximate surface area is 202 Å². The summed E-state index contributed by atoms with van der Waals surface area (Å²) in [7, 11) is -4.06. The molecule has 0 bridgehead atoms. The van der Waals surface area contributed by atoms with Gasteiger partial charge in [-0.1, -0.05) is 17.7 Å². The van der Waals surface area contributed by atoms with Crippen molar-refractivity contribution in [2.24, 2.45) is 5.92 Å². The number of halogens is 2. The van der Waals surface area contributed by atoms with Gasteiger partial charge in [0.15, 0.2) is 0 Å². The lowest BCUT2D eigenvalue weighted by Gasteiger charge is -2.39. The van der Waals surface area contributed by atoms with Crippen molar-refractivity contribution in [1.29, 1.82) is 0 Å². The first kappa shape index (κ1) is 24.6. The number of aliphatic hydroxyl groups is 1. The van der Waals surface area contributed by atoms with Crippen molar-refractivity contribution < 1.29 is 27.5 Å². The standard InChI is InChI=1S/C23H25ClFN3O5S/c1-14-12-27(23(31)15-2-3-15)8-9-28(14)34(32,33)21-10-16(4-5-17(21)13-29)22(30)26-18-6-7-20(25)19(24)11-18/h4-7,10-11,14-15,29H,2-3,8-9,12-13H2,1H3,(H,26,30). The first-order valence-corrected chi connectivity index (χ1v) is 12.7. The molecule has 0 aromatic heterocycles. The molecule has 0 spiro atoms. The van der Waals surface area contributed by atoms with Gasteiger partial charge in [-0.25, -0.2) is 12.8 Å². The average Bonchev–Trinajstić information content (AvgIpc) is 3.65. The van der Waals surface area contributed by atoms with Gasteiger partial charge in [-0.15, -0.1) is 0 Å². The molecule has 0 radical (unpaired) electrons. The zero-order valence-corrected chi connectivity index (χ0v) is 20.1. The highest BCUT2D eigenvalue weighted by Gasteiger charge is 2.40. The number of hydrogen-bond acceptors (Lipinski definition) is 5. The molecular formula is C23H25ClFN3O5S. The van der Waals surface area contributed by atoms with Gasteiger partial charge in [-0.05, 0) is 55.7 Å². The second kappa shape index (κ2) is 9.61. The topological polar surface area (TPSA) is 107 Å². The number of rotatable bonds is 6. The minimum absolute atomic E-state index is 0.0476. The van der Waals surface area contributed by atoms with Crippen LogP contribution in [0.15, 0.2) is 41.3 Å². The lowest BCUT2D eigenvalue weighted by Crippen LogP contribution is -2.55. The number of piperazine rings is 1. The second-order valence-electron chi connectivity index (χ2n) is 8.59. The van der Waals surface area contributed by atoms with Gasteiger partial charge in [0.25, 0.3) is 5.91 Å². The Balaban J connectivity index is 1.57. The summed E-state index contributed by atoms with van der Waals surface area (Å²) in [6.45, 7) is 1.90. The molecule has 1 unspecified atom stereocenters. The van der Waals surface area contributed by atoms with Gasteiger partial charge in [0.05, 0.1) is 16.5 Å². The number of hydrogen-bond donors (Lipinski definition) is 2. The summed E-state index contributed by atoms with van der Waals surface area (Å²) in [5.41, 5.74) is 0.452. The molecule has 1 saturated heterocycles. The number of benzene rings is 2. The summed E-state index contributed by atoms with van der Waals surface area (Å²) < 4.78 is 41.8. The van der Waals surface area contributed by atoms with E-state index in [0.29, 0.717) is 6.54 Å². The van der Waals surface area contributed by atoms with Crippen molar-refractivity contribution in [2.45, 2.75) is 37.3 Å². The maximum absolute atomic E-state index is 13.5. The highest BCUT2D eigenvalue weighted by molar-refractivity contribution is 7.89. The SMILES string of the molecule is CC1CN(C(=O)C2CC2)CCN1S(=O)(=O)c1cc(C(=O)Nc2ccc(F)c(Cl)c2)ccc1CO. The van der Waals surface area contributed by atoms with Gasteiger partial charge < -0.3 is 15.3 Å². The molecule has 2 N–H and O–H groups in total. The number of nitrogens with zero attached hydrogens (tertiary/aromatic N) is 2. The molecule has 182 valence electrons. The van der Waals surface area contributed by atoms with E-state index >= 15 is 0 Å². The first-order chi connectivity index (χ1) is 16.1. The predicted octanol–water partition coefficient (Wildman–Crippen LogP) is 2.86. The van der Waals surface area contributed by atoms with Gasteiger partial charge >= 0.3 is 0 Å². The smallest absolute Gasteiger partial charge is 0.255 e. The number of nitrogens with one attached hydrogen (secondary N) is 1. The number of anilines is 1. The molecule has 2 aliphatic rings. The molecule has 1 aliphatic carbocycles. The third kappa shape index (κ3) is 4.95. The van der Waals surface area contributed by atoms with E-state index in [2.05, 4.69) is 5.32 Å². The van der Waals surface area contributed by atoms with Crippen molar-refractivity contribution in [3.8, 4) is 0 Å². The van der Waals surface area contributed by atoms with Crippen LogP contribution in [0.2, 0.25) is 5.02 Å². The number of aliphatic hydroxyl groups excluding tert-OH is 1. The van der Waals surface area contributed by atoms with Gasteiger partial charge in [0.2, 0.25) is 15.9 Å². The second-order valence-corrected chi connectivity index (χ2v) is 10.9. The average molecular weight is 510 g/mol. The maximum atomic E-state index is 13.5. The summed E-state index contributed by atoms with van der Waals surface area (Å²) in [5.74, 6) is -1.12. The van der Waals surface area contributed by atoms with Crippen molar-refractivity contribution in [3.05, 3.63) is 58.4 Å². The molecule has 2 aromatic carbocycles. The number of carbonyl (C=O) groups is 2. The zero-order valence-electron chi connectivity index (χ0n) is 18.5. The molecule has 11 heteroatoms. The zero-order chi connectivity index (χ0) is 24.6. The fourth-order valence-electron chi connectivity index (χ4n) is 4.06. The van der Waals surface area contributed by atoms with Crippen molar-refractivity contribution in [2.75, 3.05) is 25.0 Å². The van der Waals surface area contributed by atoms with E-state index in [9.17, 15) is 27.5 Å². The number of sulfonamides is 1. The Bertz CT molecular complexity index is 1240. The summed E-state index contributed by atoms with van der Waals surface area (Å²) in [6.07, 6.45) is 1.76. The Morgan fingerprint density at radius 3 is 2.53 bits per heavy atom. The Morgan fingerprint density at radius 2 is 1.91 bits per heavy atom. The third-order valence-electron chi connectivity index (χ3n) is 6.07. The predicted molar refractivity (Wildman–Crippen MR) is 124 cm³/mol. The van der Waals surface area contributed by atoms with Crippen molar-refractivity contribution in [3.63, 3.8) is 0 Å². The van der Waals surface area contributed by atoms with Crippen molar-refractivity contribution in [1.82, 2.24) is 9.21 Å². The van der Waals surface area contributed by atoms with Gasteiger partial charge in [-0.3, -0.25) is 9.59 Å². The maximum Gasteiger partial charge on any atom is 0.255 e. The molecule has 34 heavy (non-hydrogen) atoms. The number of carbonyl (C=O) groups excluding carboxylic acids is 2. The number of amides is 2. The minimum Gasteiger partial charge on any atom is -0.392 e.